The van der Waals surface area contributed by atoms with Crippen LogP contribution < -0.4 is 10.3 Å². The molecule has 1 unspecified atom stereocenters. The SMILES string of the molecule is Cc1ccc(N2C(=O)c3oc4cc(C)c(C)cc4c(=O)c3C2c2cccc([N+](=O)[O-])c2)cc1C. The largest absolute Gasteiger partial charge is 0.450 e. The molecule has 4 aromatic rings. The van der Waals surface area contributed by atoms with Crippen molar-refractivity contribution in [2.75, 3.05) is 4.90 Å². The van der Waals surface area contributed by atoms with E-state index < -0.39 is 16.9 Å². The molecule has 1 atom stereocenters. The van der Waals surface area contributed by atoms with E-state index in [9.17, 15) is 19.7 Å². The minimum Gasteiger partial charge on any atom is -0.450 e. The average molecular weight is 454 g/mol. The lowest BCUT2D eigenvalue weighted by Gasteiger charge is -2.25. The van der Waals surface area contributed by atoms with E-state index in [1.54, 1.807) is 24.3 Å². The first kappa shape index (κ1) is 21.6. The zero-order valence-electron chi connectivity index (χ0n) is 19.2. The molecule has 34 heavy (non-hydrogen) atoms. The van der Waals surface area contributed by atoms with Crippen LogP contribution in [0.15, 0.2) is 63.8 Å². The zero-order chi connectivity index (χ0) is 24.3. The fraction of sp³-hybridized carbons (Fsp3) is 0.185. The Hall–Kier alpha value is -4.26. The third-order valence-corrected chi connectivity index (χ3v) is 6.65. The van der Waals surface area contributed by atoms with E-state index in [0.29, 0.717) is 22.2 Å². The van der Waals surface area contributed by atoms with Gasteiger partial charge in [-0.05, 0) is 79.8 Å². The lowest BCUT2D eigenvalue weighted by molar-refractivity contribution is -0.384. The number of non-ortho nitro benzene ring substituents is 1. The predicted octanol–water partition coefficient (Wildman–Crippen LogP) is 5.68. The molecule has 0 aliphatic carbocycles. The van der Waals surface area contributed by atoms with Gasteiger partial charge < -0.3 is 4.42 Å². The van der Waals surface area contributed by atoms with Crippen molar-refractivity contribution in [3.05, 3.63) is 114 Å². The molecule has 0 radical (unpaired) electrons. The highest BCUT2D eigenvalue weighted by atomic mass is 16.6. The lowest BCUT2D eigenvalue weighted by Crippen LogP contribution is -2.29. The van der Waals surface area contributed by atoms with Crippen molar-refractivity contribution in [1.82, 2.24) is 0 Å². The van der Waals surface area contributed by atoms with E-state index in [1.807, 2.05) is 45.9 Å². The molecule has 0 fully saturated rings. The Kier molecular flexibility index (Phi) is 4.86. The smallest absolute Gasteiger partial charge is 0.295 e. The topological polar surface area (TPSA) is 93.7 Å². The molecule has 1 aliphatic rings. The summed E-state index contributed by atoms with van der Waals surface area (Å²) in [4.78, 5) is 39.9. The highest BCUT2D eigenvalue weighted by Gasteiger charge is 2.44. The Bertz CT molecular complexity index is 1580. The summed E-state index contributed by atoms with van der Waals surface area (Å²) in [6.45, 7) is 7.74. The number of fused-ring (bicyclic) bond motifs is 2. The fourth-order valence-electron chi connectivity index (χ4n) is 4.49. The zero-order valence-corrected chi connectivity index (χ0v) is 19.2. The van der Waals surface area contributed by atoms with Gasteiger partial charge in [-0.25, -0.2) is 0 Å². The molecular weight excluding hydrogens is 432 g/mol. The molecule has 1 amide bonds. The van der Waals surface area contributed by atoms with E-state index in [1.165, 1.54) is 17.0 Å². The number of carbonyl (C=O) groups excluding carboxylic acids is 1. The van der Waals surface area contributed by atoms with Crippen LogP contribution in [0.5, 0.6) is 0 Å². The van der Waals surface area contributed by atoms with Crippen molar-refractivity contribution < 1.29 is 14.1 Å². The lowest BCUT2D eigenvalue weighted by atomic mass is 9.96. The van der Waals surface area contributed by atoms with Crippen LogP contribution in [-0.4, -0.2) is 10.8 Å². The van der Waals surface area contributed by atoms with Gasteiger partial charge in [-0.2, -0.15) is 0 Å². The number of aryl methyl sites for hydroxylation is 4. The third-order valence-electron chi connectivity index (χ3n) is 6.65. The molecule has 5 rings (SSSR count). The number of amides is 1. The number of anilines is 1. The summed E-state index contributed by atoms with van der Waals surface area (Å²) in [6, 6.07) is 14.3. The predicted molar refractivity (Wildman–Crippen MR) is 130 cm³/mol. The van der Waals surface area contributed by atoms with Crippen molar-refractivity contribution in [2.24, 2.45) is 0 Å². The molecule has 2 heterocycles. The van der Waals surface area contributed by atoms with E-state index in [-0.39, 0.29) is 22.4 Å². The summed E-state index contributed by atoms with van der Waals surface area (Å²) in [5.41, 5.74) is 5.09. The van der Waals surface area contributed by atoms with E-state index in [4.69, 9.17) is 4.42 Å². The van der Waals surface area contributed by atoms with E-state index in [2.05, 4.69) is 0 Å². The maximum absolute atomic E-state index is 13.8. The first-order valence-corrected chi connectivity index (χ1v) is 10.9. The van der Waals surface area contributed by atoms with Crippen LogP contribution >= 0.6 is 0 Å². The van der Waals surface area contributed by atoms with Crippen molar-refractivity contribution in [3.8, 4) is 0 Å². The number of nitro benzene ring substituents is 1. The molecule has 0 N–H and O–H groups in total. The Morgan fingerprint density at radius 2 is 1.59 bits per heavy atom. The Morgan fingerprint density at radius 1 is 0.882 bits per heavy atom. The van der Waals surface area contributed by atoms with Crippen LogP contribution in [0.25, 0.3) is 11.0 Å². The van der Waals surface area contributed by atoms with Crippen LogP contribution in [0.2, 0.25) is 0 Å². The van der Waals surface area contributed by atoms with Gasteiger partial charge in [0.1, 0.15) is 5.58 Å². The van der Waals surface area contributed by atoms with Crippen LogP contribution in [-0.2, 0) is 0 Å². The van der Waals surface area contributed by atoms with Crippen molar-refractivity contribution in [2.45, 2.75) is 33.7 Å². The Morgan fingerprint density at radius 3 is 2.29 bits per heavy atom. The van der Waals surface area contributed by atoms with Gasteiger partial charge in [-0.1, -0.05) is 18.2 Å². The molecule has 0 spiro atoms. The number of nitrogens with zero attached hydrogens (tertiary/aromatic N) is 2. The number of hydrogen-bond acceptors (Lipinski definition) is 5. The molecule has 1 aliphatic heterocycles. The monoisotopic (exact) mass is 454 g/mol. The minimum absolute atomic E-state index is 0.0320. The van der Waals surface area contributed by atoms with Gasteiger partial charge in [0, 0.05) is 17.8 Å². The number of rotatable bonds is 3. The van der Waals surface area contributed by atoms with Crippen LogP contribution in [0, 0.1) is 37.8 Å². The van der Waals surface area contributed by atoms with Gasteiger partial charge in [0.05, 0.1) is 21.9 Å². The maximum Gasteiger partial charge on any atom is 0.295 e. The summed E-state index contributed by atoms with van der Waals surface area (Å²) in [6.07, 6.45) is 0. The standard InChI is InChI=1S/C27H22N2O5/c1-14-8-9-19(10-15(14)2)28-24(18-6-5-7-20(13-18)29(32)33)23-25(30)21-11-16(3)17(4)12-22(21)34-26(23)27(28)31/h5-13,24H,1-4H3. The van der Waals surface area contributed by atoms with Gasteiger partial charge in [-0.15, -0.1) is 0 Å². The fourth-order valence-corrected chi connectivity index (χ4v) is 4.49. The van der Waals surface area contributed by atoms with Gasteiger partial charge >= 0.3 is 0 Å². The molecule has 0 saturated carbocycles. The number of carbonyl (C=O) groups is 1. The molecule has 170 valence electrons. The van der Waals surface area contributed by atoms with Crippen molar-refractivity contribution in [1.29, 1.82) is 0 Å². The highest BCUT2D eigenvalue weighted by molar-refractivity contribution is 6.10. The highest BCUT2D eigenvalue weighted by Crippen LogP contribution is 2.42. The molecule has 1 aromatic heterocycles. The second-order valence-corrected chi connectivity index (χ2v) is 8.80. The summed E-state index contributed by atoms with van der Waals surface area (Å²) in [5.74, 6) is -0.484. The van der Waals surface area contributed by atoms with Crippen molar-refractivity contribution in [3.63, 3.8) is 0 Å². The van der Waals surface area contributed by atoms with E-state index >= 15 is 0 Å². The first-order valence-electron chi connectivity index (χ1n) is 10.9. The number of nitro groups is 1. The molecule has 7 heteroatoms. The van der Waals surface area contributed by atoms with Gasteiger partial charge in [0.15, 0.2) is 5.43 Å². The van der Waals surface area contributed by atoms with Crippen LogP contribution in [0.3, 0.4) is 0 Å². The molecule has 0 saturated heterocycles. The molecule has 7 nitrogen and oxygen atoms in total. The minimum atomic E-state index is -0.855. The summed E-state index contributed by atoms with van der Waals surface area (Å²) in [7, 11) is 0. The number of benzene rings is 3. The van der Waals surface area contributed by atoms with Gasteiger partial charge in [0.25, 0.3) is 11.6 Å². The van der Waals surface area contributed by atoms with Crippen LogP contribution in [0.4, 0.5) is 11.4 Å². The molecule has 0 bridgehead atoms. The second-order valence-electron chi connectivity index (χ2n) is 8.80. The quantitative estimate of drug-likeness (QED) is 0.293. The summed E-state index contributed by atoms with van der Waals surface area (Å²) >= 11 is 0. The maximum atomic E-state index is 13.8. The Balaban J connectivity index is 1.84. The number of hydrogen-bond donors (Lipinski definition) is 0. The third kappa shape index (κ3) is 3.20. The first-order chi connectivity index (χ1) is 16.2. The van der Waals surface area contributed by atoms with E-state index in [0.717, 1.165) is 22.3 Å². The Labute approximate surface area is 195 Å². The van der Waals surface area contributed by atoms with Gasteiger partial charge in [-0.3, -0.25) is 24.6 Å². The molecular formula is C27H22N2O5. The van der Waals surface area contributed by atoms with Gasteiger partial charge in [0.2, 0.25) is 5.76 Å². The summed E-state index contributed by atoms with van der Waals surface area (Å²) in [5, 5.41) is 11.8. The molecule has 3 aromatic carbocycles. The normalized spacial score (nSPS) is 15.1. The summed E-state index contributed by atoms with van der Waals surface area (Å²) < 4.78 is 6.04. The average Bonchev–Trinajstić information content (AvgIpc) is 3.10. The van der Waals surface area contributed by atoms with Crippen molar-refractivity contribution >= 4 is 28.3 Å². The second kappa shape index (κ2) is 7.66. The van der Waals surface area contributed by atoms with Crippen LogP contribution in [0.1, 0.15) is 50.0 Å².